The van der Waals surface area contributed by atoms with Gasteiger partial charge in [0.2, 0.25) is 0 Å². The van der Waals surface area contributed by atoms with Gasteiger partial charge in [-0.2, -0.15) is 0 Å². The van der Waals surface area contributed by atoms with Crippen LogP contribution in [-0.4, -0.2) is 17.4 Å². The highest BCUT2D eigenvalue weighted by Crippen LogP contribution is 2.25. The van der Waals surface area contributed by atoms with E-state index in [2.05, 4.69) is 71.7 Å². The monoisotopic (exact) mass is 424 g/mol. The SMILES string of the molecule is C[C@@H](NC(=O)c1ccc(CN2CCc3ccccc3C2)cc1)c1ccc2c(c1)CCCC2. The predicted octanol–water partition coefficient (Wildman–Crippen LogP) is 5.61. The van der Waals surface area contributed by atoms with Crippen molar-refractivity contribution < 1.29 is 4.79 Å². The summed E-state index contributed by atoms with van der Waals surface area (Å²) in [5.74, 6) is -0.00586. The van der Waals surface area contributed by atoms with Gasteiger partial charge < -0.3 is 5.32 Å². The molecule has 1 aliphatic carbocycles. The second-order valence-corrected chi connectivity index (χ2v) is 9.36. The molecule has 3 aromatic rings. The first-order valence-corrected chi connectivity index (χ1v) is 12.0. The summed E-state index contributed by atoms with van der Waals surface area (Å²) >= 11 is 0. The quantitative estimate of drug-likeness (QED) is 0.577. The summed E-state index contributed by atoms with van der Waals surface area (Å²) in [7, 11) is 0. The van der Waals surface area contributed by atoms with Gasteiger partial charge in [0.1, 0.15) is 0 Å². The van der Waals surface area contributed by atoms with Crippen molar-refractivity contribution in [2.45, 2.75) is 58.2 Å². The van der Waals surface area contributed by atoms with E-state index in [0.717, 1.165) is 38.0 Å². The Bertz CT molecular complexity index is 1100. The van der Waals surface area contributed by atoms with Gasteiger partial charge in [-0.25, -0.2) is 0 Å². The molecule has 1 heterocycles. The van der Waals surface area contributed by atoms with Gasteiger partial charge in [0.15, 0.2) is 0 Å². The van der Waals surface area contributed by atoms with Gasteiger partial charge in [-0.3, -0.25) is 9.69 Å². The molecule has 1 atom stereocenters. The standard InChI is InChI=1S/C29H32N2O/c1-21(26-15-14-23-6-2-4-8-27(23)18-26)30-29(32)25-12-10-22(11-13-25)19-31-17-16-24-7-3-5-9-28(24)20-31/h3,5,7,9-15,18,21H,2,4,6,8,16-17,19-20H2,1H3,(H,30,32)/t21-/m1/s1. The van der Waals surface area contributed by atoms with Crippen molar-refractivity contribution in [3.05, 3.63) is 106 Å². The Labute approximate surface area is 191 Å². The summed E-state index contributed by atoms with van der Waals surface area (Å²) in [6, 6.07) is 23.6. The van der Waals surface area contributed by atoms with Crippen LogP contribution in [0.4, 0.5) is 0 Å². The number of carbonyl (C=O) groups excluding carboxylic acids is 1. The minimum absolute atomic E-state index is 0.00261. The summed E-state index contributed by atoms with van der Waals surface area (Å²) in [4.78, 5) is 15.3. The lowest BCUT2D eigenvalue weighted by atomic mass is 9.89. The Morgan fingerprint density at radius 1 is 0.875 bits per heavy atom. The molecule has 3 aromatic carbocycles. The van der Waals surface area contributed by atoms with Crippen molar-refractivity contribution in [3.8, 4) is 0 Å². The van der Waals surface area contributed by atoms with E-state index in [0.29, 0.717) is 0 Å². The molecule has 0 saturated heterocycles. The molecule has 1 amide bonds. The number of hydrogen-bond acceptors (Lipinski definition) is 2. The Kier molecular flexibility index (Phi) is 6.09. The van der Waals surface area contributed by atoms with Crippen molar-refractivity contribution >= 4 is 5.91 Å². The highest BCUT2D eigenvalue weighted by Gasteiger charge is 2.17. The summed E-state index contributed by atoms with van der Waals surface area (Å²) < 4.78 is 0. The third-order valence-corrected chi connectivity index (χ3v) is 7.05. The Morgan fingerprint density at radius 3 is 2.41 bits per heavy atom. The van der Waals surface area contributed by atoms with Crippen LogP contribution in [0.1, 0.15) is 69.5 Å². The van der Waals surface area contributed by atoms with E-state index in [4.69, 9.17) is 0 Å². The lowest BCUT2D eigenvalue weighted by Crippen LogP contribution is -2.30. The topological polar surface area (TPSA) is 32.3 Å². The summed E-state index contributed by atoms with van der Waals surface area (Å²) in [5, 5.41) is 3.18. The summed E-state index contributed by atoms with van der Waals surface area (Å²) in [5.41, 5.74) is 9.02. The van der Waals surface area contributed by atoms with Crippen LogP contribution in [-0.2, 0) is 32.4 Å². The van der Waals surface area contributed by atoms with E-state index in [1.165, 1.54) is 52.6 Å². The van der Waals surface area contributed by atoms with E-state index >= 15 is 0 Å². The Balaban J connectivity index is 1.19. The van der Waals surface area contributed by atoms with Crippen LogP contribution in [0.3, 0.4) is 0 Å². The van der Waals surface area contributed by atoms with Gasteiger partial charge in [0, 0.05) is 25.2 Å². The second kappa shape index (κ2) is 9.30. The zero-order chi connectivity index (χ0) is 21.9. The number of fused-ring (bicyclic) bond motifs is 2. The first-order valence-electron chi connectivity index (χ1n) is 12.0. The third-order valence-electron chi connectivity index (χ3n) is 7.05. The van der Waals surface area contributed by atoms with E-state index in [1.807, 2.05) is 12.1 Å². The summed E-state index contributed by atoms with van der Waals surface area (Å²) in [6.07, 6.45) is 6.02. The van der Waals surface area contributed by atoms with Crippen LogP contribution in [0.25, 0.3) is 0 Å². The normalized spacial score (nSPS) is 16.7. The van der Waals surface area contributed by atoms with Crippen LogP contribution in [0.5, 0.6) is 0 Å². The number of hydrogen-bond donors (Lipinski definition) is 1. The molecule has 0 bridgehead atoms. The molecule has 0 fully saturated rings. The zero-order valence-electron chi connectivity index (χ0n) is 18.9. The number of amides is 1. The molecule has 0 spiro atoms. The second-order valence-electron chi connectivity index (χ2n) is 9.36. The van der Waals surface area contributed by atoms with E-state index in [9.17, 15) is 4.79 Å². The number of carbonyl (C=O) groups is 1. The van der Waals surface area contributed by atoms with E-state index in [1.54, 1.807) is 0 Å². The van der Waals surface area contributed by atoms with Gasteiger partial charge in [0.05, 0.1) is 6.04 Å². The molecule has 32 heavy (non-hydrogen) atoms. The Morgan fingerprint density at radius 2 is 1.59 bits per heavy atom. The maximum atomic E-state index is 12.8. The molecule has 0 radical (unpaired) electrons. The van der Waals surface area contributed by atoms with Gasteiger partial charge >= 0.3 is 0 Å². The van der Waals surface area contributed by atoms with Crippen LogP contribution < -0.4 is 5.32 Å². The fourth-order valence-electron chi connectivity index (χ4n) is 5.09. The number of nitrogens with zero attached hydrogens (tertiary/aromatic N) is 1. The molecular weight excluding hydrogens is 392 g/mol. The van der Waals surface area contributed by atoms with Crippen molar-refractivity contribution in [1.82, 2.24) is 10.2 Å². The maximum absolute atomic E-state index is 12.8. The van der Waals surface area contributed by atoms with Crippen molar-refractivity contribution in [2.75, 3.05) is 6.54 Å². The smallest absolute Gasteiger partial charge is 0.251 e. The molecule has 0 aromatic heterocycles. The zero-order valence-corrected chi connectivity index (χ0v) is 18.9. The van der Waals surface area contributed by atoms with E-state index in [-0.39, 0.29) is 11.9 Å². The van der Waals surface area contributed by atoms with Crippen molar-refractivity contribution in [2.24, 2.45) is 0 Å². The minimum atomic E-state index is -0.00586. The van der Waals surface area contributed by atoms with Gasteiger partial charge in [-0.15, -0.1) is 0 Å². The Hall–Kier alpha value is -2.91. The van der Waals surface area contributed by atoms with Crippen LogP contribution in [0.2, 0.25) is 0 Å². The van der Waals surface area contributed by atoms with Crippen LogP contribution in [0, 0.1) is 0 Å². The van der Waals surface area contributed by atoms with Gasteiger partial charge in [-0.05, 0) is 84.5 Å². The molecule has 5 rings (SSSR count). The first kappa shape index (κ1) is 21.0. The third kappa shape index (κ3) is 4.63. The molecule has 164 valence electrons. The van der Waals surface area contributed by atoms with Crippen LogP contribution in [0.15, 0.2) is 66.7 Å². The number of benzene rings is 3. The maximum Gasteiger partial charge on any atom is 0.251 e. The molecule has 1 N–H and O–H groups in total. The lowest BCUT2D eigenvalue weighted by Gasteiger charge is -2.28. The average molecular weight is 425 g/mol. The number of nitrogens with one attached hydrogen (secondary N) is 1. The average Bonchev–Trinajstić information content (AvgIpc) is 2.84. The molecule has 3 heteroatoms. The van der Waals surface area contributed by atoms with Crippen LogP contribution >= 0.6 is 0 Å². The largest absolute Gasteiger partial charge is 0.346 e. The lowest BCUT2D eigenvalue weighted by molar-refractivity contribution is 0.0940. The van der Waals surface area contributed by atoms with Crippen molar-refractivity contribution in [1.29, 1.82) is 0 Å². The van der Waals surface area contributed by atoms with Gasteiger partial charge in [-0.1, -0.05) is 54.6 Å². The highest BCUT2D eigenvalue weighted by molar-refractivity contribution is 5.94. The van der Waals surface area contributed by atoms with E-state index < -0.39 is 0 Å². The summed E-state index contributed by atoms with van der Waals surface area (Å²) in [6.45, 7) is 5.07. The number of aryl methyl sites for hydroxylation is 2. The fraction of sp³-hybridized carbons (Fsp3) is 0.345. The number of rotatable bonds is 5. The molecule has 0 saturated carbocycles. The predicted molar refractivity (Wildman–Crippen MR) is 130 cm³/mol. The molecule has 1 aliphatic heterocycles. The molecular formula is C29H32N2O. The fourth-order valence-corrected chi connectivity index (χ4v) is 5.09. The first-order chi connectivity index (χ1) is 15.7. The van der Waals surface area contributed by atoms with Crippen molar-refractivity contribution in [3.63, 3.8) is 0 Å². The molecule has 3 nitrogen and oxygen atoms in total. The minimum Gasteiger partial charge on any atom is -0.346 e. The molecule has 2 aliphatic rings. The molecule has 0 unspecified atom stereocenters. The van der Waals surface area contributed by atoms with Gasteiger partial charge in [0.25, 0.3) is 5.91 Å². The highest BCUT2D eigenvalue weighted by atomic mass is 16.1.